The molecule has 38 heavy (non-hydrogen) atoms. The molecule has 0 saturated heterocycles. The fourth-order valence-corrected chi connectivity index (χ4v) is 5.10. The minimum Gasteiger partial charge on any atom is -0.679 e. The van der Waals surface area contributed by atoms with Crippen molar-refractivity contribution in [3.63, 3.8) is 0 Å². The van der Waals surface area contributed by atoms with Crippen molar-refractivity contribution in [1.82, 2.24) is 4.98 Å². The number of rotatable bonds is 8. The standard InChI is InChI=1S/C32H39N2O.2CH3.Zr/c1-20(2)28-11-8-12-29(21(3)4)31(28)33-19-27-10-7-9-26(34-27)18-25-16-23(6)17-30(32(25)35)24-14-13-22(5)15-24;;;/h7-12,14,16-17,20-22,35H,13,15,18-19H2,1-6H3;2*1H3;/q3*-1;+3. The number of phenols is 1. The molecule has 0 saturated carbocycles. The maximum Gasteiger partial charge on any atom is 3.00 e. The van der Waals surface area contributed by atoms with Gasteiger partial charge < -0.3 is 25.3 Å². The summed E-state index contributed by atoms with van der Waals surface area (Å²) in [6, 6.07) is 16.9. The first-order valence-electron chi connectivity index (χ1n) is 13.0. The zero-order valence-electron chi connectivity index (χ0n) is 24.6. The average molecular weight is 589 g/mol. The number of aromatic nitrogens is 1. The average Bonchev–Trinajstić information content (AvgIpc) is 3.25. The van der Waals surface area contributed by atoms with Gasteiger partial charge in [-0.3, -0.25) is 4.98 Å². The Morgan fingerprint density at radius 1 is 0.947 bits per heavy atom. The van der Waals surface area contributed by atoms with Crippen LogP contribution in [0.1, 0.15) is 98.5 Å². The van der Waals surface area contributed by atoms with Gasteiger partial charge in [-0.05, 0) is 66.9 Å². The number of nitrogens with zero attached hydrogens (tertiary/aromatic N) is 2. The second-order valence-corrected chi connectivity index (χ2v) is 10.8. The summed E-state index contributed by atoms with van der Waals surface area (Å²) in [7, 11) is 0. The molecule has 1 aliphatic rings. The zero-order valence-corrected chi connectivity index (χ0v) is 27.1. The fourth-order valence-electron chi connectivity index (χ4n) is 5.10. The summed E-state index contributed by atoms with van der Waals surface area (Å²) in [6.45, 7) is 13.8. The predicted molar refractivity (Wildman–Crippen MR) is 160 cm³/mol. The van der Waals surface area contributed by atoms with Crippen LogP contribution in [0.15, 0.2) is 54.6 Å². The second kappa shape index (κ2) is 14.8. The van der Waals surface area contributed by atoms with Gasteiger partial charge in [-0.1, -0.05) is 88.7 Å². The minimum absolute atomic E-state index is 0. The number of hydrogen-bond donors (Lipinski definition) is 1. The number of benzene rings is 2. The largest absolute Gasteiger partial charge is 3.00 e. The fraction of sp³-hybridized carbons (Fsp3) is 0.382. The van der Waals surface area contributed by atoms with Crippen molar-refractivity contribution < 1.29 is 31.3 Å². The van der Waals surface area contributed by atoms with Crippen LogP contribution in [0.2, 0.25) is 0 Å². The molecule has 1 N–H and O–H groups in total. The van der Waals surface area contributed by atoms with Crippen molar-refractivity contribution in [3.8, 4) is 5.75 Å². The molecule has 2 aromatic carbocycles. The summed E-state index contributed by atoms with van der Waals surface area (Å²) in [5, 5.41) is 16.2. The first-order valence-corrected chi connectivity index (χ1v) is 13.0. The third kappa shape index (κ3) is 7.92. The van der Waals surface area contributed by atoms with E-state index in [-0.39, 0.29) is 41.1 Å². The molecule has 1 atom stereocenters. The van der Waals surface area contributed by atoms with Gasteiger partial charge in [0.2, 0.25) is 0 Å². The van der Waals surface area contributed by atoms with Crippen LogP contribution in [0.5, 0.6) is 5.75 Å². The Labute approximate surface area is 251 Å². The van der Waals surface area contributed by atoms with Gasteiger partial charge in [-0.2, -0.15) is 0 Å². The van der Waals surface area contributed by atoms with Crippen LogP contribution in [-0.2, 0) is 39.2 Å². The van der Waals surface area contributed by atoms with E-state index < -0.39 is 0 Å². The summed E-state index contributed by atoms with van der Waals surface area (Å²) in [6.07, 6.45) is 5.01. The third-order valence-corrected chi connectivity index (χ3v) is 6.99. The summed E-state index contributed by atoms with van der Waals surface area (Å²) >= 11 is 0. The van der Waals surface area contributed by atoms with Crippen LogP contribution in [0.3, 0.4) is 0 Å². The SMILES string of the molecule is Cc1cc(Cc2cccc(C[N-]c3c(C(C)C)cccc3C(C)C)n2)c(O)c(C2=CCC(C)C2)c1.[CH3-].[CH3-].[Zr+3]. The van der Waals surface area contributed by atoms with E-state index in [4.69, 9.17) is 10.3 Å². The van der Waals surface area contributed by atoms with Crippen LogP contribution in [-0.4, -0.2) is 10.1 Å². The quantitative estimate of drug-likeness (QED) is 0.266. The Kier molecular flexibility index (Phi) is 13.2. The molecule has 3 aromatic rings. The van der Waals surface area contributed by atoms with E-state index in [1.165, 1.54) is 22.3 Å². The van der Waals surface area contributed by atoms with Crippen molar-refractivity contribution in [3.05, 3.63) is 114 Å². The first kappa shape index (κ1) is 33.8. The smallest absolute Gasteiger partial charge is 0.679 e. The molecule has 1 aliphatic carbocycles. The zero-order chi connectivity index (χ0) is 25.1. The number of aromatic hydroxyl groups is 1. The molecule has 1 unspecified atom stereocenters. The van der Waals surface area contributed by atoms with Gasteiger partial charge in [0.05, 0.1) is 0 Å². The predicted octanol–water partition coefficient (Wildman–Crippen LogP) is 9.85. The topological polar surface area (TPSA) is 47.2 Å². The van der Waals surface area contributed by atoms with E-state index in [1.807, 2.05) is 12.1 Å². The molecule has 1 radical (unpaired) electrons. The summed E-state index contributed by atoms with van der Waals surface area (Å²) in [4.78, 5) is 4.92. The normalized spacial score (nSPS) is 14.4. The van der Waals surface area contributed by atoms with Crippen molar-refractivity contribution in [2.75, 3.05) is 0 Å². The van der Waals surface area contributed by atoms with Crippen molar-refractivity contribution >= 4 is 11.3 Å². The van der Waals surface area contributed by atoms with Crippen LogP contribution < -0.4 is 0 Å². The van der Waals surface area contributed by atoms with E-state index >= 15 is 0 Å². The molecule has 201 valence electrons. The number of para-hydroxylation sites is 1. The Morgan fingerprint density at radius 2 is 1.55 bits per heavy atom. The van der Waals surface area contributed by atoms with E-state index in [0.717, 1.165) is 41.0 Å². The second-order valence-electron chi connectivity index (χ2n) is 10.8. The molecule has 4 heteroatoms. The molecule has 0 amide bonds. The molecule has 0 fully saturated rings. The molecule has 3 nitrogen and oxygen atoms in total. The Hall–Kier alpha value is -2.19. The van der Waals surface area contributed by atoms with E-state index in [1.54, 1.807) is 0 Å². The van der Waals surface area contributed by atoms with Crippen LogP contribution in [0, 0.1) is 27.7 Å². The van der Waals surface area contributed by atoms with Gasteiger partial charge in [0.1, 0.15) is 5.75 Å². The maximum atomic E-state index is 11.1. The van der Waals surface area contributed by atoms with Gasteiger partial charge >= 0.3 is 26.2 Å². The monoisotopic (exact) mass is 587 g/mol. The number of aryl methyl sites for hydroxylation is 1. The van der Waals surface area contributed by atoms with Crippen LogP contribution in [0.25, 0.3) is 10.9 Å². The molecular weight excluding hydrogens is 544 g/mol. The molecular formula is C34H45N2OZr. The van der Waals surface area contributed by atoms with Crippen LogP contribution >= 0.6 is 0 Å². The van der Waals surface area contributed by atoms with E-state index in [0.29, 0.717) is 36.5 Å². The molecule has 0 bridgehead atoms. The van der Waals surface area contributed by atoms with Gasteiger partial charge in [0, 0.05) is 28.9 Å². The van der Waals surface area contributed by atoms with Crippen molar-refractivity contribution in [1.29, 1.82) is 0 Å². The number of phenolic OH excluding ortho intramolecular Hbond substituents is 1. The maximum absolute atomic E-state index is 11.1. The third-order valence-electron chi connectivity index (χ3n) is 6.99. The Bertz CT molecular complexity index is 1200. The summed E-state index contributed by atoms with van der Waals surface area (Å²) in [5.41, 5.74) is 9.98. The number of hydrogen-bond acceptors (Lipinski definition) is 2. The van der Waals surface area contributed by atoms with Crippen molar-refractivity contribution in [2.45, 2.75) is 79.2 Å². The molecule has 0 spiro atoms. The Morgan fingerprint density at radius 3 is 2.13 bits per heavy atom. The van der Waals surface area contributed by atoms with Crippen molar-refractivity contribution in [2.24, 2.45) is 5.92 Å². The minimum atomic E-state index is 0. The first-order chi connectivity index (χ1) is 16.7. The number of allylic oxidation sites excluding steroid dienone is 2. The molecule has 0 aliphatic heterocycles. The van der Waals surface area contributed by atoms with Gasteiger partial charge in [0.15, 0.2) is 0 Å². The van der Waals surface area contributed by atoms with Crippen LogP contribution in [0.4, 0.5) is 5.69 Å². The van der Waals surface area contributed by atoms with E-state index in [2.05, 4.69) is 84.0 Å². The van der Waals surface area contributed by atoms with Gasteiger partial charge in [-0.15, -0.1) is 5.69 Å². The molecule has 1 heterocycles. The Balaban J connectivity index is 0.00000241. The number of pyridine rings is 1. The summed E-state index contributed by atoms with van der Waals surface area (Å²) < 4.78 is 0. The summed E-state index contributed by atoms with van der Waals surface area (Å²) in [5.74, 6) is 1.89. The molecule has 4 rings (SSSR count). The molecule has 1 aromatic heterocycles. The van der Waals surface area contributed by atoms with Gasteiger partial charge in [-0.25, -0.2) is 0 Å². The van der Waals surface area contributed by atoms with E-state index in [9.17, 15) is 5.11 Å². The van der Waals surface area contributed by atoms with Gasteiger partial charge in [0.25, 0.3) is 0 Å².